The van der Waals surface area contributed by atoms with Gasteiger partial charge in [-0.15, -0.1) is 0 Å². The van der Waals surface area contributed by atoms with E-state index in [0.29, 0.717) is 53.6 Å². The van der Waals surface area contributed by atoms with Crippen LogP contribution >= 0.6 is 0 Å². The Kier molecular flexibility index (Phi) is 4.85. The zero-order chi connectivity index (χ0) is 19.8. The second-order valence-electron chi connectivity index (χ2n) is 7.55. The van der Waals surface area contributed by atoms with Gasteiger partial charge in [-0.3, -0.25) is 9.36 Å². The molecule has 7 heteroatoms. The summed E-state index contributed by atoms with van der Waals surface area (Å²) in [6.45, 7) is 8.00. The average molecular weight is 379 g/mol. The molecule has 4 rings (SSSR count). The Morgan fingerprint density at radius 2 is 1.75 bits per heavy atom. The fourth-order valence-corrected chi connectivity index (χ4v) is 3.66. The van der Waals surface area contributed by atoms with Crippen molar-refractivity contribution in [1.82, 2.24) is 24.1 Å². The number of rotatable bonds is 6. The Balaban J connectivity index is 2.08. The average Bonchev–Trinajstić information content (AvgIpc) is 2.96. The largest absolute Gasteiger partial charge is 0.385 e. The second-order valence-corrected chi connectivity index (χ2v) is 7.55. The smallest absolute Gasteiger partial charge is 0.265 e. The van der Waals surface area contributed by atoms with Crippen LogP contribution in [0.5, 0.6) is 0 Å². The van der Waals surface area contributed by atoms with Crippen molar-refractivity contribution in [3.63, 3.8) is 0 Å². The van der Waals surface area contributed by atoms with Gasteiger partial charge in [0.05, 0.1) is 11.0 Å². The van der Waals surface area contributed by atoms with Crippen LogP contribution in [-0.4, -0.2) is 37.8 Å². The third-order valence-corrected chi connectivity index (χ3v) is 4.92. The molecule has 7 nitrogen and oxygen atoms in total. The van der Waals surface area contributed by atoms with Gasteiger partial charge in [-0.25, -0.2) is 15.0 Å². The molecule has 0 amide bonds. The molecule has 146 valence electrons. The van der Waals surface area contributed by atoms with Crippen LogP contribution in [0.3, 0.4) is 0 Å². The highest BCUT2D eigenvalue weighted by Crippen LogP contribution is 2.25. The van der Waals surface area contributed by atoms with Crippen molar-refractivity contribution in [2.24, 2.45) is 5.92 Å². The van der Waals surface area contributed by atoms with Gasteiger partial charge in [0.1, 0.15) is 16.7 Å². The van der Waals surface area contributed by atoms with E-state index in [4.69, 9.17) is 19.7 Å². The van der Waals surface area contributed by atoms with Gasteiger partial charge in [0, 0.05) is 26.8 Å². The molecular formula is C21H25N5O2. The van der Waals surface area contributed by atoms with Gasteiger partial charge in [0.2, 0.25) is 0 Å². The number of fused-ring (bicyclic) bond motifs is 4. The summed E-state index contributed by atoms with van der Waals surface area (Å²) < 4.78 is 8.97. The highest BCUT2D eigenvalue weighted by atomic mass is 16.5. The van der Waals surface area contributed by atoms with E-state index in [9.17, 15) is 4.79 Å². The van der Waals surface area contributed by atoms with Crippen molar-refractivity contribution >= 4 is 33.2 Å². The summed E-state index contributed by atoms with van der Waals surface area (Å²) in [5, 5.41) is 0.553. The van der Waals surface area contributed by atoms with Crippen molar-refractivity contribution in [2.45, 2.75) is 40.3 Å². The van der Waals surface area contributed by atoms with Crippen LogP contribution in [0.25, 0.3) is 33.2 Å². The lowest BCUT2D eigenvalue weighted by Crippen LogP contribution is -2.26. The summed E-state index contributed by atoms with van der Waals surface area (Å²) in [5.41, 5.74) is 3.53. The van der Waals surface area contributed by atoms with Gasteiger partial charge >= 0.3 is 0 Å². The number of nitrogens with zero attached hydrogens (tertiary/aromatic N) is 5. The molecule has 4 aromatic rings. The SMILES string of the molecule is COCCCn1c2nc3ccccc3nc2c2c(=O)n(CC(C)C)c(C)nc21. The summed E-state index contributed by atoms with van der Waals surface area (Å²) in [6.07, 6.45) is 0.805. The van der Waals surface area contributed by atoms with Crippen LogP contribution < -0.4 is 5.56 Å². The molecule has 0 saturated carbocycles. The predicted molar refractivity (Wildman–Crippen MR) is 111 cm³/mol. The Labute approximate surface area is 163 Å². The van der Waals surface area contributed by atoms with Crippen LogP contribution in [0.1, 0.15) is 26.1 Å². The first kappa shape index (κ1) is 18.6. The Morgan fingerprint density at radius 3 is 2.43 bits per heavy atom. The molecule has 28 heavy (non-hydrogen) atoms. The molecule has 0 fully saturated rings. The number of hydrogen-bond acceptors (Lipinski definition) is 5. The third-order valence-electron chi connectivity index (χ3n) is 4.92. The molecule has 0 spiro atoms. The van der Waals surface area contributed by atoms with Gasteiger partial charge < -0.3 is 9.30 Å². The summed E-state index contributed by atoms with van der Waals surface area (Å²) in [4.78, 5) is 27.8. The highest BCUT2D eigenvalue weighted by Gasteiger charge is 2.21. The van der Waals surface area contributed by atoms with Crippen LogP contribution in [-0.2, 0) is 17.8 Å². The molecule has 0 saturated heterocycles. The first-order valence-corrected chi connectivity index (χ1v) is 9.66. The van der Waals surface area contributed by atoms with Crippen LogP contribution in [0, 0.1) is 12.8 Å². The molecule has 1 aromatic carbocycles. The molecule has 0 N–H and O–H groups in total. The number of methoxy groups -OCH3 is 1. The predicted octanol–water partition coefficient (Wildman–Crippen LogP) is 3.30. The highest BCUT2D eigenvalue weighted by molar-refractivity contribution is 6.04. The third kappa shape index (κ3) is 3.05. The molecule has 0 bridgehead atoms. The van der Waals surface area contributed by atoms with Gasteiger partial charge in [0.25, 0.3) is 5.56 Å². The molecule has 0 aliphatic carbocycles. The van der Waals surface area contributed by atoms with E-state index in [2.05, 4.69) is 13.8 Å². The van der Waals surface area contributed by atoms with Crippen molar-refractivity contribution in [3.05, 3.63) is 40.4 Å². The summed E-state index contributed by atoms with van der Waals surface area (Å²) >= 11 is 0. The molecule has 0 unspecified atom stereocenters. The van der Waals surface area contributed by atoms with Crippen LogP contribution in [0.4, 0.5) is 0 Å². The lowest BCUT2D eigenvalue weighted by Gasteiger charge is -2.12. The summed E-state index contributed by atoms with van der Waals surface area (Å²) in [5.74, 6) is 1.06. The standard InChI is InChI=1S/C21H25N5O2/c1-13(2)12-26-14(3)22-19-17(21(26)27)18-20(25(19)10-7-11-28-4)24-16-9-6-5-8-15(16)23-18/h5-6,8-9,13H,7,10-12H2,1-4H3. The van der Waals surface area contributed by atoms with Crippen molar-refractivity contribution in [1.29, 1.82) is 0 Å². The Bertz CT molecular complexity index is 1220. The van der Waals surface area contributed by atoms with E-state index in [1.165, 1.54) is 0 Å². The number of hydrogen-bond donors (Lipinski definition) is 0. The number of para-hydroxylation sites is 2. The molecule has 3 aromatic heterocycles. The maximum Gasteiger partial charge on any atom is 0.265 e. The molecule has 0 aliphatic heterocycles. The quantitative estimate of drug-likeness (QED) is 0.481. The second kappa shape index (κ2) is 7.31. The summed E-state index contributed by atoms with van der Waals surface area (Å²) in [6, 6.07) is 7.73. The minimum Gasteiger partial charge on any atom is -0.385 e. The fourth-order valence-electron chi connectivity index (χ4n) is 3.66. The fraction of sp³-hybridized carbons (Fsp3) is 0.429. The minimum atomic E-state index is -0.0451. The topological polar surface area (TPSA) is 74.8 Å². The first-order valence-electron chi connectivity index (χ1n) is 9.66. The maximum absolute atomic E-state index is 13.4. The number of aryl methyl sites for hydroxylation is 2. The Morgan fingerprint density at radius 1 is 1.04 bits per heavy atom. The molecule has 3 heterocycles. The van der Waals surface area contributed by atoms with Crippen LogP contribution in [0.2, 0.25) is 0 Å². The van der Waals surface area contributed by atoms with Gasteiger partial charge in [-0.2, -0.15) is 0 Å². The minimum absolute atomic E-state index is 0.0451. The number of benzene rings is 1. The van der Waals surface area contributed by atoms with Gasteiger partial charge in [-0.05, 0) is 31.4 Å². The van der Waals surface area contributed by atoms with E-state index >= 15 is 0 Å². The van der Waals surface area contributed by atoms with Crippen molar-refractivity contribution < 1.29 is 4.74 Å². The van der Waals surface area contributed by atoms with E-state index in [1.807, 2.05) is 35.8 Å². The molecule has 0 radical (unpaired) electrons. The monoisotopic (exact) mass is 379 g/mol. The summed E-state index contributed by atoms with van der Waals surface area (Å²) in [7, 11) is 1.69. The van der Waals surface area contributed by atoms with Crippen LogP contribution in [0.15, 0.2) is 29.1 Å². The molecule has 0 aliphatic rings. The zero-order valence-corrected chi connectivity index (χ0v) is 16.8. The number of ether oxygens (including phenoxy) is 1. The van der Waals surface area contributed by atoms with E-state index in [1.54, 1.807) is 11.7 Å². The van der Waals surface area contributed by atoms with E-state index in [-0.39, 0.29) is 5.56 Å². The van der Waals surface area contributed by atoms with Crippen molar-refractivity contribution in [2.75, 3.05) is 13.7 Å². The van der Waals surface area contributed by atoms with Gasteiger partial charge in [0.15, 0.2) is 11.3 Å². The lowest BCUT2D eigenvalue weighted by molar-refractivity contribution is 0.191. The lowest BCUT2D eigenvalue weighted by atomic mass is 10.2. The normalized spacial score (nSPS) is 12.0. The number of aromatic nitrogens is 5. The molecular weight excluding hydrogens is 354 g/mol. The van der Waals surface area contributed by atoms with E-state index in [0.717, 1.165) is 17.5 Å². The van der Waals surface area contributed by atoms with Gasteiger partial charge in [-0.1, -0.05) is 26.0 Å². The molecule has 0 atom stereocenters. The Hall–Kier alpha value is -2.80. The van der Waals surface area contributed by atoms with E-state index < -0.39 is 0 Å². The maximum atomic E-state index is 13.4. The van der Waals surface area contributed by atoms with Crippen molar-refractivity contribution in [3.8, 4) is 0 Å². The first-order chi connectivity index (χ1) is 13.5. The zero-order valence-electron chi connectivity index (χ0n) is 16.8.